The predicted octanol–water partition coefficient (Wildman–Crippen LogP) is 2.80. The molecule has 2 aromatic carbocycles. The van der Waals surface area contributed by atoms with Crippen LogP contribution >= 0.6 is 0 Å². The fourth-order valence-electron chi connectivity index (χ4n) is 2.66. The average molecular weight is 354 g/mol. The Bertz CT molecular complexity index is 723. The van der Waals surface area contributed by atoms with Gasteiger partial charge in [0.05, 0.1) is 6.61 Å². The van der Waals surface area contributed by atoms with Gasteiger partial charge >= 0.3 is 0 Å². The van der Waals surface area contributed by atoms with Crippen molar-refractivity contribution in [2.45, 2.75) is 33.1 Å². The maximum absolute atomic E-state index is 12.1. The molecular formula is C21H24NO4-. The molecule has 1 amide bonds. The van der Waals surface area contributed by atoms with Crippen LogP contribution in [-0.4, -0.2) is 18.5 Å². The van der Waals surface area contributed by atoms with Gasteiger partial charge in [0.25, 0.3) is 0 Å². The molecule has 1 N–H and O–H groups in total. The zero-order valence-electron chi connectivity index (χ0n) is 15.2. The lowest BCUT2D eigenvalue weighted by molar-refractivity contribution is -0.307. The standard InChI is InChI=1S/C21H25NO4/c1-21(2,15-20(24)25)14-19(23)22-17-8-10-18(11-9-17)26-13-12-16-6-4-3-5-7-16/h3-11H,12-15H2,1-2H3,(H,22,23)(H,24,25)/p-1. The van der Waals surface area contributed by atoms with E-state index in [9.17, 15) is 14.7 Å². The van der Waals surface area contributed by atoms with Crippen LogP contribution < -0.4 is 15.2 Å². The van der Waals surface area contributed by atoms with Gasteiger partial charge in [0.2, 0.25) is 5.91 Å². The summed E-state index contributed by atoms with van der Waals surface area (Å²) in [6, 6.07) is 17.2. The summed E-state index contributed by atoms with van der Waals surface area (Å²) in [5, 5.41) is 13.5. The highest BCUT2D eigenvalue weighted by Gasteiger charge is 2.22. The maximum atomic E-state index is 12.1. The van der Waals surface area contributed by atoms with Gasteiger partial charge in [-0.15, -0.1) is 0 Å². The molecule has 0 fully saturated rings. The number of aliphatic carboxylic acids is 1. The molecule has 2 aromatic rings. The summed E-state index contributed by atoms with van der Waals surface area (Å²) in [4.78, 5) is 22.8. The summed E-state index contributed by atoms with van der Waals surface area (Å²) >= 11 is 0. The SMILES string of the molecule is CC(C)(CC(=O)[O-])CC(=O)Nc1ccc(OCCc2ccccc2)cc1. The lowest BCUT2D eigenvalue weighted by Crippen LogP contribution is -2.31. The molecule has 5 heteroatoms. The first-order valence-electron chi connectivity index (χ1n) is 8.60. The van der Waals surface area contributed by atoms with Gasteiger partial charge in [0, 0.05) is 24.5 Å². The summed E-state index contributed by atoms with van der Waals surface area (Å²) in [6.45, 7) is 4.03. The second-order valence-corrected chi connectivity index (χ2v) is 7.05. The Labute approximate surface area is 154 Å². The van der Waals surface area contributed by atoms with E-state index in [1.165, 1.54) is 5.56 Å². The number of rotatable bonds is 9. The number of anilines is 1. The molecule has 138 valence electrons. The molecule has 0 atom stereocenters. The highest BCUT2D eigenvalue weighted by molar-refractivity contribution is 5.91. The molecular weight excluding hydrogens is 330 g/mol. The third kappa shape index (κ3) is 6.97. The largest absolute Gasteiger partial charge is 0.550 e. The summed E-state index contributed by atoms with van der Waals surface area (Å²) < 4.78 is 5.71. The molecule has 0 unspecified atom stereocenters. The highest BCUT2D eigenvalue weighted by atomic mass is 16.5. The van der Waals surface area contributed by atoms with Crippen LogP contribution in [0.5, 0.6) is 5.75 Å². The molecule has 5 nitrogen and oxygen atoms in total. The Morgan fingerprint density at radius 3 is 2.27 bits per heavy atom. The van der Waals surface area contributed by atoms with E-state index in [4.69, 9.17) is 4.74 Å². The van der Waals surface area contributed by atoms with Gasteiger partial charge in [0.1, 0.15) is 5.75 Å². The van der Waals surface area contributed by atoms with E-state index in [0.717, 1.165) is 12.2 Å². The van der Waals surface area contributed by atoms with E-state index >= 15 is 0 Å². The number of hydrogen-bond donors (Lipinski definition) is 1. The van der Waals surface area contributed by atoms with Crippen molar-refractivity contribution in [3.05, 3.63) is 60.2 Å². The maximum Gasteiger partial charge on any atom is 0.224 e. The first-order chi connectivity index (χ1) is 12.3. The number of carbonyl (C=O) groups excluding carboxylic acids is 2. The van der Waals surface area contributed by atoms with Crippen LogP contribution in [0.15, 0.2) is 54.6 Å². The van der Waals surface area contributed by atoms with E-state index in [1.807, 2.05) is 18.2 Å². The van der Waals surface area contributed by atoms with Crippen molar-refractivity contribution < 1.29 is 19.4 Å². The number of benzene rings is 2. The highest BCUT2D eigenvalue weighted by Crippen LogP contribution is 2.25. The molecule has 0 bridgehead atoms. The monoisotopic (exact) mass is 354 g/mol. The molecule has 0 saturated heterocycles. The van der Waals surface area contributed by atoms with Crippen molar-refractivity contribution in [1.82, 2.24) is 0 Å². The van der Waals surface area contributed by atoms with Crippen molar-refractivity contribution in [1.29, 1.82) is 0 Å². The van der Waals surface area contributed by atoms with E-state index in [0.29, 0.717) is 12.3 Å². The van der Waals surface area contributed by atoms with Gasteiger partial charge < -0.3 is 20.0 Å². The minimum absolute atomic E-state index is 0.107. The first-order valence-corrected chi connectivity index (χ1v) is 8.60. The van der Waals surface area contributed by atoms with Crippen LogP contribution in [-0.2, 0) is 16.0 Å². The molecule has 0 aliphatic carbocycles. The number of carboxylic acids is 1. The third-order valence-corrected chi connectivity index (χ3v) is 3.90. The van der Waals surface area contributed by atoms with Crippen LogP contribution in [0.25, 0.3) is 0 Å². The van der Waals surface area contributed by atoms with Crippen molar-refractivity contribution >= 4 is 17.6 Å². The molecule has 0 aliphatic heterocycles. The Balaban J connectivity index is 1.79. The second kappa shape index (κ2) is 9.04. The molecule has 0 aromatic heterocycles. The van der Waals surface area contributed by atoms with Gasteiger partial charge in [0.15, 0.2) is 0 Å². The van der Waals surface area contributed by atoms with Crippen LogP contribution in [0.2, 0.25) is 0 Å². The zero-order valence-corrected chi connectivity index (χ0v) is 15.2. The number of hydrogen-bond acceptors (Lipinski definition) is 4. The third-order valence-electron chi connectivity index (χ3n) is 3.90. The zero-order chi connectivity index (χ0) is 19.0. The number of nitrogens with one attached hydrogen (secondary N) is 1. The number of ether oxygens (including phenoxy) is 1. The fourth-order valence-corrected chi connectivity index (χ4v) is 2.66. The Hall–Kier alpha value is -2.82. The van der Waals surface area contributed by atoms with Crippen LogP contribution in [0, 0.1) is 5.41 Å². The minimum atomic E-state index is -1.15. The summed E-state index contributed by atoms with van der Waals surface area (Å²) in [5.74, 6) is -0.648. The van der Waals surface area contributed by atoms with Gasteiger partial charge in [-0.1, -0.05) is 44.2 Å². The molecule has 0 radical (unpaired) electrons. The minimum Gasteiger partial charge on any atom is -0.550 e. The molecule has 0 spiro atoms. The molecule has 0 saturated carbocycles. The molecule has 0 heterocycles. The Morgan fingerprint density at radius 1 is 1.00 bits per heavy atom. The first kappa shape index (κ1) is 19.5. The van der Waals surface area contributed by atoms with Crippen molar-refractivity contribution in [3.63, 3.8) is 0 Å². The van der Waals surface area contributed by atoms with Crippen LogP contribution in [0.3, 0.4) is 0 Å². The summed E-state index contributed by atoms with van der Waals surface area (Å²) in [6.07, 6.45) is 0.776. The summed E-state index contributed by atoms with van der Waals surface area (Å²) in [7, 11) is 0. The lowest BCUT2D eigenvalue weighted by atomic mass is 9.85. The van der Waals surface area contributed by atoms with Gasteiger partial charge in [-0.2, -0.15) is 0 Å². The van der Waals surface area contributed by atoms with Crippen molar-refractivity contribution in [2.24, 2.45) is 5.41 Å². The van der Waals surface area contributed by atoms with E-state index in [1.54, 1.807) is 38.1 Å². The van der Waals surface area contributed by atoms with E-state index < -0.39 is 11.4 Å². The lowest BCUT2D eigenvalue weighted by Gasteiger charge is -2.24. The Morgan fingerprint density at radius 2 is 1.65 bits per heavy atom. The molecule has 2 rings (SSSR count). The second-order valence-electron chi connectivity index (χ2n) is 7.05. The van der Waals surface area contributed by atoms with Crippen molar-refractivity contribution in [3.8, 4) is 5.75 Å². The van der Waals surface area contributed by atoms with Gasteiger partial charge in [-0.05, 0) is 41.7 Å². The van der Waals surface area contributed by atoms with Crippen LogP contribution in [0.4, 0.5) is 5.69 Å². The number of amides is 1. The quantitative estimate of drug-likeness (QED) is 0.751. The van der Waals surface area contributed by atoms with Crippen LogP contribution in [0.1, 0.15) is 32.3 Å². The van der Waals surface area contributed by atoms with E-state index in [2.05, 4.69) is 17.4 Å². The average Bonchev–Trinajstić information content (AvgIpc) is 2.55. The predicted molar refractivity (Wildman–Crippen MR) is 98.7 cm³/mol. The Kier molecular flexibility index (Phi) is 6.78. The molecule has 0 aliphatic rings. The van der Waals surface area contributed by atoms with E-state index in [-0.39, 0.29) is 18.7 Å². The molecule has 26 heavy (non-hydrogen) atoms. The van der Waals surface area contributed by atoms with Crippen molar-refractivity contribution in [2.75, 3.05) is 11.9 Å². The fraction of sp³-hybridized carbons (Fsp3) is 0.333. The number of carboxylic acid groups (broad SMARTS) is 1. The van der Waals surface area contributed by atoms with Gasteiger partial charge in [-0.3, -0.25) is 4.79 Å². The summed E-state index contributed by atoms with van der Waals surface area (Å²) in [5.41, 5.74) is 1.22. The topological polar surface area (TPSA) is 78.5 Å². The van der Waals surface area contributed by atoms with Gasteiger partial charge in [-0.25, -0.2) is 0 Å². The smallest absolute Gasteiger partial charge is 0.224 e. The normalized spacial score (nSPS) is 11.0. The number of carbonyl (C=O) groups is 2.